The van der Waals surface area contributed by atoms with Crippen molar-refractivity contribution in [3.63, 3.8) is 0 Å². The van der Waals surface area contributed by atoms with Gasteiger partial charge in [-0.15, -0.1) is 0 Å². The SMILES string of the molecule is O=C(Cc1c[nH]c(=O)[nH]c1=O)N1CCC2(CCCN(CC3CC3)C2=O)C1. The molecule has 0 aromatic carbocycles. The Labute approximate surface area is 150 Å². The molecule has 1 atom stereocenters. The maximum atomic E-state index is 13.0. The standard InChI is InChI=1S/C18H24N4O4/c23-14(8-13-9-19-17(26)20-15(13)24)22-7-5-18(11-22)4-1-6-21(16(18)25)10-12-2-3-12/h9,12H,1-8,10-11H2,(H2,19,20,24,26). The second kappa shape index (κ2) is 6.41. The summed E-state index contributed by atoms with van der Waals surface area (Å²) in [5, 5.41) is 0. The summed E-state index contributed by atoms with van der Waals surface area (Å²) in [6.45, 7) is 2.68. The Morgan fingerprint density at radius 1 is 1.19 bits per heavy atom. The van der Waals surface area contributed by atoms with Crippen LogP contribution in [0, 0.1) is 11.3 Å². The highest BCUT2D eigenvalue weighted by molar-refractivity contribution is 5.86. The molecule has 140 valence electrons. The molecule has 2 amide bonds. The molecule has 2 saturated heterocycles. The molecule has 1 aromatic heterocycles. The van der Waals surface area contributed by atoms with E-state index in [-0.39, 0.29) is 23.8 Å². The van der Waals surface area contributed by atoms with Crippen molar-refractivity contribution < 1.29 is 9.59 Å². The predicted octanol–water partition coefficient (Wildman–Crippen LogP) is -0.143. The first-order valence-electron chi connectivity index (χ1n) is 9.35. The van der Waals surface area contributed by atoms with Crippen molar-refractivity contribution >= 4 is 11.8 Å². The minimum Gasteiger partial charge on any atom is -0.342 e. The molecule has 26 heavy (non-hydrogen) atoms. The number of rotatable bonds is 4. The van der Waals surface area contributed by atoms with E-state index in [1.54, 1.807) is 4.90 Å². The van der Waals surface area contributed by atoms with Crippen LogP contribution in [0.3, 0.4) is 0 Å². The summed E-state index contributed by atoms with van der Waals surface area (Å²) in [4.78, 5) is 56.7. The molecule has 8 heteroatoms. The maximum Gasteiger partial charge on any atom is 0.325 e. The number of piperidine rings is 1. The van der Waals surface area contributed by atoms with Crippen LogP contribution in [0.15, 0.2) is 15.8 Å². The average Bonchev–Trinajstić information content (AvgIpc) is 3.32. The normalized spacial score (nSPS) is 25.9. The van der Waals surface area contributed by atoms with Crippen LogP contribution in [0.4, 0.5) is 0 Å². The molecule has 1 aromatic rings. The number of carbonyl (C=O) groups is 2. The second-order valence-corrected chi connectivity index (χ2v) is 7.92. The van der Waals surface area contributed by atoms with Crippen LogP contribution in [-0.2, 0) is 16.0 Å². The number of carbonyl (C=O) groups excluding carboxylic acids is 2. The summed E-state index contributed by atoms with van der Waals surface area (Å²) in [6.07, 6.45) is 6.16. The van der Waals surface area contributed by atoms with E-state index in [0.29, 0.717) is 25.4 Å². The Hall–Kier alpha value is -2.38. The molecule has 2 N–H and O–H groups in total. The highest BCUT2D eigenvalue weighted by Crippen LogP contribution is 2.41. The molecule has 1 unspecified atom stereocenters. The van der Waals surface area contributed by atoms with Crippen LogP contribution in [0.25, 0.3) is 0 Å². The minimum atomic E-state index is -0.588. The van der Waals surface area contributed by atoms with Crippen molar-refractivity contribution in [2.45, 2.75) is 38.5 Å². The number of hydrogen-bond acceptors (Lipinski definition) is 4. The number of aromatic nitrogens is 2. The van der Waals surface area contributed by atoms with Gasteiger partial charge < -0.3 is 14.8 Å². The van der Waals surface area contributed by atoms with Crippen molar-refractivity contribution in [1.82, 2.24) is 19.8 Å². The summed E-state index contributed by atoms with van der Waals surface area (Å²) in [5.41, 5.74) is -1.34. The van der Waals surface area contributed by atoms with Gasteiger partial charge >= 0.3 is 5.69 Å². The van der Waals surface area contributed by atoms with Crippen molar-refractivity contribution in [3.8, 4) is 0 Å². The molecule has 2 aliphatic heterocycles. The topological polar surface area (TPSA) is 106 Å². The lowest BCUT2D eigenvalue weighted by molar-refractivity contribution is -0.146. The molecule has 8 nitrogen and oxygen atoms in total. The lowest BCUT2D eigenvalue weighted by Gasteiger charge is -2.39. The second-order valence-electron chi connectivity index (χ2n) is 7.92. The molecule has 1 spiro atoms. The number of H-pyrrole nitrogens is 2. The first-order chi connectivity index (χ1) is 12.5. The molecular weight excluding hydrogens is 336 g/mol. The largest absolute Gasteiger partial charge is 0.342 e. The van der Waals surface area contributed by atoms with Gasteiger partial charge in [0, 0.05) is 37.9 Å². The van der Waals surface area contributed by atoms with Crippen LogP contribution >= 0.6 is 0 Å². The van der Waals surface area contributed by atoms with E-state index in [4.69, 9.17) is 0 Å². The average molecular weight is 360 g/mol. The van der Waals surface area contributed by atoms with Gasteiger partial charge in [0.25, 0.3) is 5.56 Å². The number of nitrogens with zero attached hydrogens (tertiary/aromatic N) is 2. The zero-order chi connectivity index (χ0) is 18.3. The monoisotopic (exact) mass is 360 g/mol. The summed E-state index contributed by atoms with van der Waals surface area (Å²) in [7, 11) is 0. The highest BCUT2D eigenvalue weighted by atomic mass is 16.2. The van der Waals surface area contributed by atoms with E-state index in [1.165, 1.54) is 19.0 Å². The van der Waals surface area contributed by atoms with Gasteiger partial charge in [0.2, 0.25) is 11.8 Å². The number of likely N-dealkylation sites (tertiary alicyclic amines) is 2. The summed E-state index contributed by atoms with van der Waals surface area (Å²) >= 11 is 0. The third kappa shape index (κ3) is 3.20. The van der Waals surface area contributed by atoms with Gasteiger partial charge in [-0.25, -0.2) is 4.79 Å². The molecule has 1 aliphatic carbocycles. The third-order valence-corrected chi connectivity index (χ3v) is 5.94. The fourth-order valence-electron chi connectivity index (χ4n) is 4.25. The Balaban J connectivity index is 1.43. The van der Waals surface area contributed by atoms with Crippen LogP contribution in [0.2, 0.25) is 0 Å². The lowest BCUT2D eigenvalue weighted by atomic mass is 9.78. The number of hydrogen-bond donors (Lipinski definition) is 2. The maximum absolute atomic E-state index is 13.0. The van der Waals surface area contributed by atoms with Crippen LogP contribution < -0.4 is 11.2 Å². The first-order valence-corrected chi connectivity index (χ1v) is 9.35. The Bertz CT molecular complexity index is 840. The van der Waals surface area contributed by atoms with Crippen molar-refractivity contribution in [1.29, 1.82) is 0 Å². The smallest absolute Gasteiger partial charge is 0.325 e. The van der Waals surface area contributed by atoms with Gasteiger partial charge in [0.15, 0.2) is 0 Å². The number of amides is 2. The molecule has 3 fully saturated rings. The quantitative estimate of drug-likeness (QED) is 0.779. The van der Waals surface area contributed by atoms with E-state index >= 15 is 0 Å². The van der Waals surface area contributed by atoms with Gasteiger partial charge in [-0.2, -0.15) is 0 Å². The van der Waals surface area contributed by atoms with E-state index in [1.807, 2.05) is 4.90 Å². The highest BCUT2D eigenvalue weighted by Gasteiger charge is 2.49. The summed E-state index contributed by atoms with van der Waals surface area (Å²) in [5.74, 6) is 0.694. The third-order valence-electron chi connectivity index (χ3n) is 5.94. The lowest BCUT2D eigenvalue weighted by Crippen LogP contribution is -2.51. The molecule has 0 radical (unpaired) electrons. The Morgan fingerprint density at radius 2 is 2.00 bits per heavy atom. The minimum absolute atomic E-state index is 0.0673. The van der Waals surface area contributed by atoms with Gasteiger partial charge in [-0.3, -0.25) is 19.4 Å². The Kier molecular flexibility index (Phi) is 4.20. The Morgan fingerprint density at radius 3 is 2.73 bits per heavy atom. The van der Waals surface area contributed by atoms with E-state index < -0.39 is 16.7 Å². The van der Waals surface area contributed by atoms with Crippen LogP contribution in [-0.4, -0.2) is 57.8 Å². The zero-order valence-corrected chi connectivity index (χ0v) is 14.8. The van der Waals surface area contributed by atoms with Crippen LogP contribution in [0.5, 0.6) is 0 Å². The van der Waals surface area contributed by atoms with E-state index in [9.17, 15) is 19.2 Å². The van der Waals surface area contributed by atoms with Crippen molar-refractivity contribution in [2.75, 3.05) is 26.2 Å². The van der Waals surface area contributed by atoms with Crippen molar-refractivity contribution in [3.05, 3.63) is 32.6 Å². The summed E-state index contributed by atoms with van der Waals surface area (Å²) in [6, 6.07) is 0. The number of aromatic amines is 2. The van der Waals surface area contributed by atoms with Crippen molar-refractivity contribution in [2.24, 2.45) is 11.3 Å². The molecule has 1 saturated carbocycles. The van der Waals surface area contributed by atoms with E-state index in [0.717, 1.165) is 25.9 Å². The summed E-state index contributed by atoms with van der Waals surface area (Å²) < 4.78 is 0. The molecule has 3 heterocycles. The van der Waals surface area contributed by atoms with E-state index in [2.05, 4.69) is 9.97 Å². The molecule has 3 aliphatic rings. The predicted molar refractivity (Wildman–Crippen MR) is 93.6 cm³/mol. The molecule has 0 bridgehead atoms. The fourth-order valence-corrected chi connectivity index (χ4v) is 4.25. The first kappa shape index (κ1) is 17.1. The van der Waals surface area contributed by atoms with Crippen LogP contribution in [0.1, 0.15) is 37.7 Å². The van der Waals surface area contributed by atoms with Gasteiger partial charge in [-0.1, -0.05) is 0 Å². The van der Waals surface area contributed by atoms with Gasteiger partial charge in [0.05, 0.1) is 11.8 Å². The molecular formula is C18H24N4O4. The number of nitrogens with one attached hydrogen (secondary N) is 2. The fraction of sp³-hybridized carbons (Fsp3) is 0.667. The van der Waals surface area contributed by atoms with Gasteiger partial charge in [-0.05, 0) is 38.0 Å². The van der Waals surface area contributed by atoms with Gasteiger partial charge in [0.1, 0.15) is 0 Å². The molecule has 4 rings (SSSR count). The zero-order valence-electron chi connectivity index (χ0n) is 14.8.